The molecule has 2 aromatic rings. The van der Waals surface area contributed by atoms with Crippen LogP contribution in [0.3, 0.4) is 0 Å². The summed E-state index contributed by atoms with van der Waals surface area (Å²) >= 11 is -5.15. The van der Waals surface area contributed by atoms with Crippen molar-refractivity contribution in [3.8, 4) is 5.75 Å². The van der Waals surface area contributed by atoms with Crippen LogP contribution < -0.4 is 15.0 Å². The number of carbonyl (C=O) groups excluding carboxylic acids is 1. The molecule has 130 valence electrons. The van der Waals surface area contributed by atoms with Crippen LogP contribution in [0.15, 0.2) is 48.5 Å². The van der Waals surface area contributed by atoms with Gasteiger partial charge in [0.2, 0.25) is 0 Å². The zero-order chi connectivity index (χ0) is 18.2. The predicted molar refractivity (Wildman–Crippen MR) is 93.5 cm³/mol. The predicted octanol–water partition coefficient (Wildman–Crippen LogP) is 1.03. The number of hydrogen-bond acceptors (Lipinski definition) is 4. The van der Waals surface area contributed by atoms with Crippen molar-refractivity contribution in [3.05, 3.63) is 48.5 Å². The minimum atomic E-state index is -5.15. The first-order chi connectivity index (χ1) is 11.3. The van der Waals surface area contributed by atoms with Gasteiger partial charge in [0.05, 0.1) is 0 Å². The number of hydrogen-bond donors (Lipinski definition) is 5. The third kappa shape index (κ3) is 6.50. The first-order valence-corrected chi connectivity index (χ1v) is 10.6. The van der Waals surface area contributed by atoms with Gasteiger partial charge in [0.25, 0.3) is 0 Å². The molecule has 0 aliphatic heterocycles. The largest absolute Gasteiger partial charge is 0.385 e. The van der Waals surface area contributed by atoms with Gasteiger partial charge in [0, 0.05) is 12.2 Å². The minimum Gasteiger partial charge on any atom is -0.385 e. The smallest absolute Gasteiger partial charge is 0.0340 e. The van der Waals surface area contributed by atoms with Gasteiger partial charge in [-0.1, -0.05) is 18.2 Å². The van der Waals surface area contributed by atoms with Crippen LogP contribution in [0.5, 0.6) is 5.75 Å². The molecule has 0 atom stereocenters. The van der Waals surface area contributed by atoms with Crippen LogP contribution >= 0.6 is 0 Å². The number of nitrogens with one attached hydrogen (secondary N) is 2. The van der Waals surface area contributed by atoms with Gasteiger partial charge in [0.15, 0.2) is 0 Å². The van der Waals surface area contributed by atoms with Gasteiger partial charge >= 0.3 is 88.1 Å². The summed E-state index contributed by atoms with van der Waals surface area (Å²) < 4.78 is 28.4. The van der Waals surface area contributed by atoms with Crippen LogP contribution in [-0.2, 0) is 8.53 Å². The standard InChI is InChI=1S/C8H10AsNO5.C8H11N/c1-5(11)10-7-4-2-3-6(8(7)12)9(13,14)15;1-2-9-8-6-4-3-5-7-8/h2-4,12H,1H3,(H,10,11)(H2,13,14,15);3-7,9H,2H2,1H3. The summed E-state index contributed by atoms with van der Waals surface area (Å²) in [5, 5.41) is 15.0. The van der Waals surface area contributed by atoms with Gasteiger partial charge < -0.3 is 5.32 Å². The molecular formula is C16H21AsN2O5. The Balaban J connectivity index is 0.000000272. The van der Waals surface area contributed by atoms with Gasteiger partial charge in [-0.2, -0.15) is 0 Å². The van der Waals surface area contributed by atoms with Crippen molar-refractivity contribution in [1.82, 2.24) is 0 Å². The fourth-order valence-corrected chi connectivity index (χ4v) is 3.24. The summed E-state index contributed by atoms with van der Waals surface area (Å²) in [4.78, 5) is 10.7. The Morgan fingerprint density at radius 2 is 1.71 bits per heavy atom. The van der Waals surface area contributed by atoms with Gasteiger partial charge in [-0.15, -0.1) is 0 Å². The summed E-state index contributed by atoms with van der Waals surface area (Å²) in [6.45, 7) is 4.31. The van der Waals surface area contributed by atoms with Gasteiger partial charge in [-0.3, -0.25) is 0 Å². The van der Waals surface area contributed by atoms with Gasteiger partial charge in [-0.25, -0.2) is 0 Å². The van der Waals surface area contributed by atoms with E-state index in [0.717, 1.165) is 12.6 Å². The Morgan fingerprint density at radius 1 is 1.08 bits per heavy atom. The van der Waals surface area contributed by atoms with E-state index in [2.05, 4.69) is 29.7 Å². The molecule has 0 spiro atoms. The number of phenols is 1. The number of amides is 1. The Hall–Kier alpha value is -2.21. The number of aromatic hydroxyl groups is 1. The molecule has 1 amide bonds. The molecule has 0 heterocycles. The molecular weight excluding hydrogens is 375 g/mol. The molecule has 7 nitrogen and oxygen atoms in total. The van der Waals surface area contributed by atoms with Crippen molar-refractivity contribution in [2.75, 3.05) is 17.2 Å². The van der Waals surface area contributed by atoms with Crippen molar-refractivity contribution >= 4 is 35.8 Å². The van der Waals surface area contributed by atoms with E-state index in [1.165, 1.54) is 24.7 Å². The Kier molecular flexibility index (Phi) is 7.58. The fraction of sp³-hybridized carbons (Fsp3) is 0.188. The molecule has 0 aromatic heterocycles. The number of para-hydroxylation sites is 2. The Morgan fingerprint density at radius 3 is 2.21 bits per heavy atom. The normalized spacial score (nSPS) is 10.3. The molecule has 0 aliphatic rings. The average Bonchev–Trinajstić information content (AvgIpc) is 2.50. The molecule has 0 saturated heterocycles. The molecule has 8 heteroatoms. The molecule has 24 heavy (non-hydrogen) atoms. The Bertz CT molecular complexity index is 716. The first-order valence-electron chi connectivity index (χ1n) is 7.20. The molecule has 2 rings (SSSR count). The monoisotopic (exact) mass is 396 g/mol. The summed E-state index contributed by atoms with van der Waals surface area (Å²) in [6, 6.07) is 14.0. The molecule has 2 aromatic carbocycles. The molecule has 0 bridgehead atoms. The van der Waals surface area contributed by atoms with Crippen molar-refractivity contribution in [3.63, 3.8) is 0 Å². The Labute approximate surface area is 143 Å². The van der Waals surface area contributed by atoms with E-state index in [-0.39, 0.29) is 5.69 Å². The molecule has 0 fully saturated rings. The van der Waals surface area contributed by atoms with E-state index in [9.17, 15) is 13.6 Å². The van der Waals surface area contributed by atoms with Crippen molar-refractivity contribution < 1.29 is 21.8 Å². The van der Waals surface area contributed by atoms with E-state index in [4.69, 9.17) is 8.19 Å². The number of anilines is 2. The average molecular weight is 396 g/mol. The zero-order valence-corrected chi connectivity index (χ0v) is 15.3. The quantitative estimate of drug-likeness (QED) is 0.389. The summed E-state index contributed by atoms with van der Waals surface area (Å²) in [5.41, 5.74) is 1.18. The van der Waals surface area contributed by atoms with E-state index in [1.54, 1.807) is 0 Å². The molecule has 0 aliphatic carbocycles. The second kappa shape index (κ2) is 9.17. The maximum atomic E-state index is 11.0. The number of carbonyl (C=O) groups is 1. The van der Waals surface area contributed by atoms with Crippen molar-refractivity contribution in [1.29, 1.82) is 0 Å². The maximum absolute atomic E-state index is 11.0. The van der Waals surface area contributed by atoms with Gasteiger partial charge in [-0.05, 0) is 19.1 Å². The van der Waals surface area contributed by atoms with Crippen LogP contribution in [0.1, 0.15) is 13.8 Å². The molecule has 0 unspecified atom stereocenters. The molecule has 5 N–H and O–H groups in total. The van der Waals surface area contributed by atoms with Crippen LogP contribution in [0.2, 0.25) is 0 Å². The van der Waals surface area contributed by atoms with Crippen molar-refractivity contribution in [2.24, 2.45) is 0 Å². The molecule has 0 saturated carbocycles. The second-order valence-corrected chi connectivity index (χ2v) is 8.09. The van der Waals surface area contributed by atoms with E-state index >= 15 is 0 Å². The zero-order valence-electron chi connectivity index (χ0n) is 13.4. The first kappa shape index (κ1) is 19.8. The van der Waals surface area contributed by atoms with Crippen LogP contribution in [-0.4, -0.2) is 39.9 Å². The van der Waals surface area contributed by atoms with E-state index in [1.807, 2.05) is 18.2 Å². The fourth-order valence-electron chi connectivity index (χ4n) is 1.82. The summed E-state index contributed by atoms with van der Waals surface area (Å²) in [5.74, 6) is -1.01. The molecule has 0 radical (unpaired) electrons. The van der Waals surface area contributed by atoms with Crippen LogP contribution in [0, 0.1) is 0 Å². The van der Waals surface area contributed by atoms with Crippen LogP contribution in [0.25, 0.3) is 0 Å². The van der Waals surface area contributed by atoms with Crippen LogP contribution in [0.4, 0.5) is 11.4 Å². The number of benzene rings is 2. The van der Waals surface area contributed by atoms with Crippen molar-refractivity contribution in [2.45, 2.75) is 13.8 Å². The third-order valence-corrected chi connectivity index (χ3v) is 4.87. The third-order valence-electron chi connectivity index (χ3n) is 2.79. The minimum absolute atomic E-state index is 0.00951. The topological polar surface area (TPSA) is 119 Å². The van der Waals surface area contributed by atoms with Gasteiger partial charge in [0.1, 0.15) is 0 Å². The summed E-state index contributed by atoms with van der Waals surface area (Å²) in [7, 11) is 0. The SMILES string of the molecule is CC(=O)Nc1cccc([As](=O)(O)O)c1O.CCNc1ccccc1. The maximum Gasteiger partial charge on any atom is 0.0340 e. The number of rotatable bonds is 4. The van der Waals surface area contributed by atoms with E-state index in [0.29, 0.717) is 0 Å². The van der Waals surface area contributed by atoms with E-state index < -0.39 is 30.2 Å². The number of phenolic OH excluding ortho intramolecular Hbond substituents is 1. The second-order valence-electron chi connectivity index (χ2n) is 4.79. The summed E-state index contributed by atoms with van der Waals surface area (Å²) in [6.07, 6.45) is 0.